The van der Waals surface area contributed by atoms with Gasteiger partial charge in [0.05, 0.1) is 6.54 Å². The molecule has 8 heteroatoms. The molecule has 0 atom stereocenters. The molecule has 35 heavy (non-hydrogen) atoms. The number of fused-ring (bicyclic) bond motifs is 1. The molecule has 0 bridgehead atoms. The Kier molecular flexibility index (Phi) is 7.22. The molecule has 1 aromatic heterocycles. The first-order valence-corrected chi connectivity index (χ1v) is 14.6. The number of thiophene rings is 1. The first-order valence-electron chi connectivity index (χ1n) is 12.3. The number of amides is 1. The lowest BCUT2D eigenvalue weighted by atomic mass is 9.90. The van der Waals surface area contributed by atoms with Crippen LogP contribution in [0, 0.1) is 0 Å². The lowest BCUT2D eigenvalue weighted by Crippen LogP contribution is -2.42. The normalized spacial score (nSPS) is 17.0. The third kappa shape index (κ3) is 5.44. The van der Waals surface area contributed by atoms with Crippen molar-refractivity contribution in [2.75, 3.05) is 18.4 Å². The third-order valence-electron chi connectivity index (χ3n) is 6.90. The van der Waals surface area contributed by atoms with Crippen LogP contribution in [0.3, 0.4) is 0 Å². The Hall–Kier alpha value is -2.68. The summed E-state index contributed by atoms with van der Waals surface area (Å²) < 4.78 is 28.4. The second kappa shape index (κ2) is 10.5. The zero-order valence-corrected chi connectivity index (χ0v) is 21.3. The number of carbonyl (C=O) groups is 1. The van der Waals surface area contributed by atoms with E-state index in [0.29, 0.717) is 29.4 Å². The van der Waals surface area contributed by atoms with Gasteiger partial charge in [0.1, 0.15) is 4.21 Å². The lowest BCUT2D eigenvalue weighted by Gasteiger charge is -2.32. The van der Waals surface area contributed by atoms with Gasteiger partial charge in [0, 0.05) is 35.3 Å². The van der Waals surface area contributed by atoms with E-state index in [4.69, 9.17) is 0 Å². The summed E-state index contributed by atoms with van der Waals surface area (Å²) in [6.45, 7) is 1.32. The van der Waals surface area contributed by atoms with E-state index in [0.717, 1.165) is 30.6 Å². The number of nitrogens with one attached hydrogen (secondary N) is 2. The number of nitrogens with zero attached hydrogens (tertiary/aromatic N) is 1. The molecule has 2 aromatic carbocycles. The van der Waals surface area contributed by atoms with Crippen molar-refractivity contribution in [3.63, 3.8) is 0 Å². The van der Waals surface area contributed by atoms with E-state index in [-0.39, 0.29) is 11.9 Å². The summed E-state index contributed by atoms with van der Waals surface area (Å²) in [6.07, 6.45) is 6.35. The summed E-state index contributed by atoms with van der Waals surface area (Å²) in [5.41, 5.74) is 4.71. The van der Waals surface area contributed by atoms with Crippen molar-refractivity contribution in [1.82, 2.24) is 9.62 Å². The third-order valence-corrected chi connectivity index (χ3v) is 10.4. The zero-order valence-electron chi connectivity index (χ0n) is 19.7. The molecule has 3 aromatic rings. The summed E-state index contributed by atoms with van der Waals surface area (Å²) in [6, 6.07) is 19.3. The predicted molar refractivity (Wildman–Crippen MR) is 140 cm³/mol. The zero-order chi connectivity index (χ0) is 24.3. The highest BCUT2D eigenvalue weighted by atomic mass is 32.2. The molecule has 184 valence electrons. The van der Waals surface area contributed by atoms with Crippen LogP contribution in [-0.4, -0.2) is 37.8 Å². The summed E-state index contributed by atoms with van der Waals surface area (Å²) in [5, 5.41) is 6.57. The van der Waals surface area contributed by atoms with Gasteiger partial charge >= 0.3 is 0 Å². The van der Waals surface area contributed by atoms with E-state index in [2.05, 4.69) is 28.8 Å². The Balaban J connectivity index is 1.17. The van der Waals surface area contributed by atoms with Crippen LogP contribution in [0.4, 0.5) is 5.69 Å². The Morgan fingerprint density at radius 3 is 2.51 bits per heavy atom. The van der Waals surface area contributed by atoms with Gasteiger partial charge in [-0.05, 0) is 80.0 Å². The predicted octanol–water partition coefficient (Wildman–Crippen LogP) is 4.82. The molecule has 1 amide bonds. The molecule has 2 heterocycles. The van der Waals surface area contributed by atoms with Gasteiger partial charge in [-0.2, -0.15) is 4.31 Å². The van der Waals surface area contributed by atoms with Crippen LogP contribution in [0.1, 0.15) is 52.0 Å². The molecule has 1 fully saturated rings. The van der Waals surface area contributed by atoms with Gasteiger partial charge in [-0.25, -0.2) is 8.42 Å². The highest BCUT2D eigenvalue weighted by Gasteiger charge is 2.31. The molecule has 5 rings (SSSR count). The van der Waals surface area contributed by atoms with E-state index in [1.807, 2.05) is 18.2 Å². The van der Waals surface area contributed by atoms with Gasteiger partial charge in [0.25, 0.3) is 15.9 Å². The second-order valence-electron chi connectivity index (χ2n) is 9.24. The number of sulfonamides is 1. The van der Waals surface area contributed by atoms with Crippen LogP contribution in [0.15, 0.2) is 64.9 Å². The molecular weight excluding hydrogens is 478 g/mol. The van der Waals surface area contributed by atoms with Gasteiger partial charge < -0.3 is 10.6 Å². The molecule has 6 nitrogen and oxygen atoms in total. The molecule has 0 saturated carbocycles. The Morgan fingerprint density at radius 1 is 0.943 bits per heavy atom. The van der Waals surface area contributed by atoms with Crippen LogP contribution >= 0.6 is 11.3 Å². The summed E-state index contributed by atoms with van der Waals surface area (Å²) in [4.78, 5) is 13.1. The Morgan fingerprint density at radius 2 is 1.71 bits per heavy atom. The van der Waals surface area contributed by atoms with Gasteiger partial charge in [-0.3, -0.25) is 4.79 Å². The first-order chi connectivity index (χ1) is 17.0. The molecule has 2 aliphatic rings. The largest absolute Gasteiger partial charge is 0.382 e. The summed E-state index contributed by atoms with van der Waals surface area (Å²) >= 11 is 1.23. The maximum absolute atomic E-state index is 13.2. The van der Waals surface area contributed by atoms with Crippen molar-refractivity contribution in [3.8, 4) is 0 Å². The van der Waals surface area contributed by atoms with Crippen LogP contribution < -0.4 is 10.6 Å². The Labute approximate surface area is 211 Å². The molecule has 1 saturated heterocycles. The number of anilines is 1. The van der Waals surface area contributed by atoms with Gasteiger partial charge in [-0.1, -0.05) is 30.3 Å². The first kappa shape index (κ1) is 24.0. The van der Waals surface area contributed by atoms with Crippen molar-refractivity contribution in [1.29, 1.82) is 0 Å². The molecular formula is C27H31N3O3S2. The molecule has 0 unspecified atom stereocenters. The standard InChI is InChI=1S/C27H31N3O3S2/c31-27(21-8-2-1-3-9-21)28-19-23-13-14-26(34-23)35(32,33)30-17-15-22(16-18-30)29-25-12-6-10-20-7-4-5-11-24(20)25/h1-3,6,8-10,12-14,22,29H,4-5,7,11,15-19H2,(H,28,31). The van der Waals surface area contributed by atoms with Crippen molar-refractivity contribution < 1.29 is 13.2 Å². The van der Waals surface area contributed by atoms with Crippen LogP contribution in [0.5, 0.6) is 0 Å². The van der Waals surface area contributed by atoms with Crippen LogP contribution in [-0.2, 0) is 29.4 Å². The SMILES string of the molecule is O=C(NCc1ccc(S(=O)(=O)N2CCC(Nc3cccc4c3CCCC4)CC2)s1)c1ccccc1. The minimum absolute atomic E-state index is 0.169. The fraction of sp³-hybridized carbons (Fsp3) is 0.370. The molecule has 1 aliphatic heterocycles. The maximum Gasteiger partial charge on any atom is 0.252 e. The topological polar surface area (TPSA) is 78.5 Å². The van der Waals surface area contributed by atoms with Gasteiger partial charge in [0.2, 0.25) is 0 Å². The molecule has 0 radical (unpaired) electrons. The quantitative estimate of drug-likeness (QED) is 0.479. The minimum atomic E-state index is -3.53. The van der Waals surface area contributed by atoms with E-state index in [1.165, 1.54) is 41.0 Å². The molecule has 0 spiro atoms. The average molecular weight is 510 g/mol. The van der Waals surface area contributed by atoms with Gasteiger partial charge in [0.15, 0.2) is 0 Å². The summed E-state index contributed by atoms with van der Waals surface area (Å²) in [7, 11) is -3.53. The fourth-order valence-electron chi connectivity index (χ4n) is 4.96. The number of piperidine rings is 1. The summed E-state index contributed by atoms with van der Waals surface area (Å²) in [5.74, 6) is -0.169. The molecule has 1 aliphatic carbocycles. The van der Waals surface area contributed by atoms with E-state index in [9.17, 15) is 13.2 Å². The van der Waals surface area contributed by atoms with Gasteiger partial charge in [-0.15, -0.1) is 11.3 Å². The van der Waals surface area contributed by atoms with Crippen molar-refractivity contribution >= 4 is 33.0 Å². The number of benzene rings is 2. The average Bonchev–Trinajstić information content (AvgIpc) is 3.38. The highest BCUT2D eigenvalue weighted by Crippen LogP contribution is 2.31. The van der Waals surface area contributed by atoms with Crippen molar-refractivity contribution in [3.05, 3.63) is 82.2 Å². The second-order valence-corrected chi connectivity index (χ2v) is 12.6. The maximum atomic E-state index is 13.2. The van der Waals surface area contributed by atoms with E-state index < -0.39 is 10.0 Å². The number of hydrogen-bond acceptors (Lipinski definition) is 5. The number of rotatable bonds is 7. The Bertz CT molecular complexity index is 1280. The molecule has 2 N–H and O–H groups in total. The fourth-order valence-corrected chi connectivity index (χ4v) is 7.87. The number of hydrogen-bond donors (Lipinski definition) is 2. The smallest absolute Gasteiger partial charge is 0.252 e. The van der Waals surface area contributed by atoms with E-state index in [1.54, 1.807) is 28.6 Å². The van der Waals surface area contributed by atoms with E-state index >= 15 is 0 Å². The van der Waals surface area contributed by atoms with Crippen molar-refractivity contribution in [2.24, 2.45) is 0 Å². The minimum Gasteiger partial charge on any atom is -0.382 e. The highest BCUT2D eigenvalue weighted by molar-refractivity contribution is 7.91. The number of aryl methyl sites for hydroxylation is 1. The number of carbonyl (C=O) groups excluding carboxylic acids is 1. The van der Waals surface area contributed by atoms with Crippen LogP contribution in [0.25, 0.3) is 0 Å². The van der Waals surface area contributed by atoms with Crippen LogP contribution in [0.2, 0.25) is 0 Å². The lowest BCUT2D eigenvalue weighted by molar-refractivity contribution is 0.0951. The van der Waals surface area contributed by atoms with Crippen molar-refractivity contribution in [2.45, 2.75) is 55.3 Å². The monoisotopic (exact) mass is 509 g/mol.